The lowest BCUT2D eigenvalue weighted by atomic mass is 10.1. The molecule has 0 aromatic heterocycles. The Balaban J connectivity index is 4.22. The summed E-state index contributed by atoms with van der Waals surface area (Å²) >= 11 is 0. The number of ether oxygens (including phenoxy) is 3. The Kier molecular flexibility index (Phi) is 47.4. The normalized spacial score (nSPS) is 12.5. The molecule has 0 radical (unpaired) electrons. The van der Waals surface area contributed by atoms with Gasteiger partial charge in [-0.25, -0.2) is 0 Å². The van der Waals surface area contributed by atoms with Crippen LogP contribution >= 0.6 is 0 Å². The number of rotatable bonds is 46. The second-order valence-corrected chi connectivity index (χ2v) is 17.1. The molecule has 352 valence electrons. The maximum atomic E-state index is 12.7. The Morgan fingerprint density at radius 3 is 1.07 bits per heavy atom. The van der Waals surface area contributed by atoms with Gasteiger partial charge >= 0.3 is 17.9 Å². The number of allylic oxidation sites excluding steroid dienone is 10. The van der Waals surface area contributed by atoms with Crippen molar-refractivity contribution in [3.05, 3.63) is 60.8 Å². The van der Waals surface area contributed by atoms with E-state index in [2.05, 4.69) is 81.5 Å². The number of hydrogen-bond acceptors (Lipinski definition) is 6. The van der Waals surface area contributed by atoms with Crippen LogP contribution in [0.3, 0.4) is 0 Å². The van der Waals surface area contributed by atoms with E-state index < -0.39 is 6.10 Å². The summed E-state index contributed by atoms with van der Waals surface area (Å²) in [7, 11) is 0. The zero-order chi connectivity index (χ0) is 44.4. The van der Waals surface area contributed by atoms with E-state index in [9.17, 15) is 14.4 Å². The van der Waals surface area contributed by atoms with Crippen molar-refractivity contribution in [2.24, 2.45) is 0 Å². The standard InChI is InChI=1S/C55H96O6/c1-4-7-10-13-16-19-21-22-23-24-25-26-27-28-29-30-31-32-34-36-39-42-45-48-54(57)60-51-52(50-59-53(56)47-44-41-38-35-18-15-12-9-6-3)61-55(58)49-46-43-40-37-33-20-17-14-11-8-5-2/h7,10,14,16-17,19,22-23,25-26,52H,4-6,8-9,11-13,15,18,20-21,24,27-51H2,1-3H3/b10-7-,17-14-,19-16-,23-22-,26-25-. The highest BCUT2D eigenvalue weighted by Gasteiger charge is 2.19. The zero-order valence-electron chi connectivity index (χ0n) is 40.2. The summed E-state index contributed by atoms with van der Waals surface area (Å²) in [6.07, 6.45) is 60.7. The number of carbonyl (C=O) groups is 3. The molecule has 0 fully saturated rings. The molecule has 0 saturated carbocycles. The first kappa shape index (κ1) is 58.1. The van der Waals surface area contributed by atoms with E-state index in [1.54, 1.807) is 0 Å². The van der Waals surface area contributed by atoms with Crippen LogP contribution in [0.1, 0.15) is 252 Å². The van der Waals surface area contributed by atoms with Gasteiger partial charge in [0, 0.05) is 19.3 Å². The van der Waals surface area contributed by atoms with Gasteiger partial charge in [-0.15, -0.1) is 0 Å². The third-order valence-electron chi connectivity index (χ3n) is 11.0. The molecule has 0 aliphatic heterocycles. The van der Waals surface area contributed by atoms with Gasteiger partial charge in [0.15, 0.2) is 6.10 Å². The van der Waals surface area contributed by atoms with Crippen molar-refractivity contribution in [2.75, 3.05) is 13.2 Å². The summed E-state index contributed by atoms with van der Waals surface area (Å²) in [6, 6.07) is 0. The van der Waals surface area contributed by atoms with Crippen molar-refractivity contribution < 1.29 is 28.6 Å². The molecule has 0 N–H and O–H groups in total. The third-order valence-corrected chi connectivity index (χ3v) is 11.0. The van der Waals surface area contributed by atoms with E-state index in [1.165, 1.54) is 116 Å². The highest BCUT2D eigenvalue weighted by Crippen LogP contribution is 2.15. The Morgan fingerprint density at radius 1 is 0.344 bits per heavy atom. The van der Waals surface area contributed by atoms with Crippen LogP contribution in [0.4, 0.5) is 0 Å². The number of unbranched alkanes of at least 4 members (excludes halogenated alkanes) is 25. The summed E-state index contributed by atoms with van der Waals surface area (Å²) in [4.78, 5) is 37.8. The van der Waals surface area contributed by atoms with Crippen molar-refractivity contribution in [3.8, 4) is 0 Å². The minimum absolute atomic E-state index is 0.0770. The minimum Gasteiger partial charge on any atom is -0.462 e. The number of hydrogen-bond donors (Lipinski definition) is 0. The fraction of sp³-hybridized carbons (Fsp3) is 0.764. The van der Waals surface area contributed by atoms with Gasteiger partial charge in [0.1, 0.15) is 13.2 Å². The number of esters is 3. The summed E-state index contributed by atoms with van der Waals surface area (Å²) < 4.78 is 16.7. The van der Waals surface area contributed by atoms with Crippen molar-refractivity contribution in [1.82, 2.24) is 0 Å². The molecule has 0 aromatic carbocycles. The molecule has 0 rings (SSSR count). The van der Waals surface area contributed by atoms with Gasteiger partial charge in [-0.2, -0.15) is 0 Å². The van der Waals surface area contributed by atoms with E-state index in [0.717, 1.165) is 96.3 Å². The van der Waals surface area contributed by atoms with Gasteiger partial charge in [-0.1, -0.05) is 216 Å². The monoisotopic (exact) mass is 853 g/mol. The Morgan fingerprint density at radius 2 is 0.656 bits per heavy atom. The van der Waals surface area contributed by atoms with E-state index in [1.807, 2.05) is 0 Å². The molecular weight excluding hydrogens is 757 g/mol. The van der Waals surface area contributed by atoms with Gasteiger partial charge in [0.25, 0.3) is 0 Å². The molecule has 1 atom stereocenters. The second kappa shape index (κ2) is 49.8. The van der Waals surface area contributed by atoms with Gasteiger partial charge in [-0.3, -0.25) is 14.4 Å². The molecule has 1 unspecified atom stereocenters. The van der Waals surface area contributed by atoms with Gasteiger partial charge in [-0.05, 0) is 77.0 Å². The van der Waals surface area contributed by atoms with Gasteiger partial charge in [0.05, 0.1) is 0 Å². The maximum absolute atomic E-state index is 12.7. The molecule has 0 aliphatic carbocycles. The van der Waals surface area contributed by atoms with E-state index in [4.69, 9.17) is 14.2 Å². The van der Waals surface area contributed by atoms with Crippen LogP contribution in [0, 0.1) is 0 Å². The molecule has 6 heteroatoms. The summed E-state index contributed by atoms with van der Waals surface area (Å²) in [6.45, 7) is 6.46. The van der Waals surface area contributed by atoms with Crippen LogP contribution in [0.15, 0.2) is 60.8 Å². The minimum atomic E-state index is -0.775. The number of carbonyl (C=O) groups excluding carboxylic acids is 3. The summed E-state index contributed by atoms with van der Waals surface area (Å²) in [5.41, 5.74) is 0. The van der Waals surface area contributed by atoms with Crippen LogP contribution in [0.25, 0.3) is 0 Å². The van der Waals surface area contributed by atoms with Crippen molar-refractivity contribution in [3.63, 3.8) is 0 Å². The quantitative estimate of drug-likeness (QED) is 0.0263. The highest BCUT2D eigenvalue weighted by molar-refractivity contribution is 5.71. The van der Waals surface area contributed by atoms with Gasteiger partial charge in [0.2, 0.25) is 0 Å². The average molecular weight is 853 g/mol. The Bertz CT molecular complexity index is 1120. The first-order valence-electron chi connectivity index (χ1n) is 25.8. The Hall–Kier alpha value is -2.89. The third kappa shape index (κ3) is 48.0. The lowest BCUT2D eigenvalue weighted by Gasteiger charge is -2.18. The molecule has 61 heavy (non-hydrogen) atoms. The first-order chi connectivity index (χ1) is 30.0. The molecule has 6 nitrogen and oxygen atoms in total. The predicted octanol–water partition coefficient (Wildman–Crippen LogP) is 16.9. The average Bonchev–Trinajstić information content (AvgIpc) is 3.26. The molecule has 0 saturated heterocycles. The zero-order valence-corrected chi connectivity index (χ0v) is 40.2. The molecule has 0 spiro atoms. The highest BCUT2D eigenvalue weighted by atomic mass is 16.6. The maximum Gasteiger partial charge on any atom is 0.306 e. The summed E-state index contributed by atoms with van der Waals surface area (Å²) in [5.74, 6) is -0.891. The van der Waals surface area contributed by atoms with Crippen LogP contribution in [-0.2, 0) is 28.6 Å². The second-order valence-electron chi connectivity index (χ2n) is 17.1. The lowest BCUT2D eigenvalue weighted by molar-refractivity contribution is -0.167. The molecule has 0 bridgehead atoms. The smallest absolute Gasteiger partial charge is 0.306 e. The van der Waals surface area contributed by atoms with E-state index in [-0.39, 0.29) is 31.1 Å². The lowest BCUT2D eigenvalue weighted by Crippen LogP contribution is -2.30. The molecule has 0 heterocycles. The largest absolute Gasteiger partial charge is 0.462 e. The molecule has 0 aromatic rings. The predicted molar refractivity (Wildman–Crippen MR) is 261 cm³/mol. The van der Waals surface area contributed by atoms with Crippen molar-refractivity contribution in [1.29, 1.82) is 0 Å². The van der Waals surface area contributed by atoms with Crippen LogP contribution in [-0.4, -0.2) is 37.2 Å². The molecule has 0 aliphatic rings. The SMILES string of the molecule is CC/C=C\C/C=C\C/C=C\C/C=C\CCCCCCCCCCCCC(=O)OCC(COC(=O)CCCCCCCCCCC)OC(=O)CCCCCCC/C=C\CCCC. The molecule has 0 amide bonds. The van der Waals surface area contributed by atoms with Gasteiger partial charge < -0.3 is 14.2 Å². The van der Waals surface area contributed by atoms with E-state index >= 15 is 0 Å². The van der Waals surface area contributed by atoms with Crippen LogP contribution in [0.5, 0.6) is 0 Å². The fourth-order valence-electron chi connectivity index (χ4n) is 7.12. The topological polar surface area (TPSA) is 78.9 Å². The fourth-order valence-corrected chi connectivity index (χ4v) is 7.12. The first-order valence-corrected chi connectivity index (χ1v) is 25.8. The Labute approximate surface area is 377 Å². The van der Waals surface area contributed by atoms with Crippen molar-refractivity contribution in [2.45, 2.75) is 258 Å². The van der Waals surface area contributed by atoms with Crippen molar-refractivity contribution >= 4 is 17.9 Å². The van der Waals surface area contributed by atoms with Crippen LogP contribution in [0.2, 0.25) is 0 Å². The van der Waals surface area contributed by atoms with Crippen LogP contribution < -0.4 is 0 Å². The van der Waals surface area contributed by atoms with E-state index in [0.29, 0.717) is 19.3 Å². The summed E-state index contributed by atoms with van der Waals surface area (Å²) in [5, 5.41) is 0. The molecular formula is C55H96O6.